The van der Waals surface area contributed by atoms with Gasteiger partial charge in [-0.2, -0.15) is 0 Å². The largest absolute Gasteiger partial charge is 0.379 e. The minimum absolute atomic E-state index is 0.356. The molecule has 1 saturated heterocycles. The fourth-order valence-corrected chi connectivity index (χ4v) is 4.03. The number of ether oxygens (including phenoxy) is 1. The Hall–Kier alpha value is -0.560. The summed E-state index contributed by atoms with van der Waals surface area (Å²) in [5, 5.41) is 3.77. The smallest absolute Gasteiger partial charge is 0.0594 e. The van der Waals surface area contributed by atoms with Gasteiger partial charge in [-0.25, -0.2) is 0 Å². The summed E-state index contributed by atoms with van der Waals surface area (Å²) >= 11 is 0. The number of hydrogen-bond acceptors (Lipinski definition) is 3. The Kier molecular flexibility index (Phi) is 6.35. The molecule has 0 aromatic heterocycles. The molecular formula is C17H30N2O. The molecule has 0 spiro atoms. The molecule has 1 atom stereocenters. The number of rotatable bonds is 6. The number of hydrogen-bond donors (Lipinski definition) is 1. The Balaban J connectivity index is 2.10. The van der Waals surface area contributed by atoms with Crippen LogP contribution in [0, 0.1) is 11.8 Å². The van der Waals surface area contributed by atoms with Crippen LogP contribution in [0.4, 0.5) is 0 Å². The van der Waals surface area contributed by atoms with E-state index in [0.717, 1.165) is 39.3 Å². The molecule has 1 aliphatic heterocycles. The summed E-state index contributed by atoms with van der Waals surface area (Å²) in [6, 6.07) is 0.578. The molecule has 2 fully saturated rings. The van der Waals surface area contributed by atoms with Crippen molar-refractivity contribution in [2.45, 2.75) is 64.0 Å². The molecule has 1 aliphatic carbocycles. The predicted octanol–water partition coefficient (Wildman–Crippen LogP) is 2.41. The van der Waals surface area contributed by atoms with Gasteiger partial charge in [0.1, 0.15) is 0 Å². The van der Waals surface area contributed by atoms with E-state index in [1.165, 1.54) is 32.1 Å². The lowest BCUT2D eigenvalue weighted by molar-refractivity contribution is -0.0364. The van der Waals surface area contributed by atoms with Crippen LogP contribution in [0.2, 0.25) is 0 Å². The van der Waals surface area contributed by atoms with Crippen molar-refractivity contribution in [3.8, 4) is 11.8 Å². The van der Waals surface area contributed by atoms with Crippen LogP contribution in [-0.4, -0.2) is 49.3 Å². The van der Waals surface area contributed by atoms with E-state index < -0.39 is 0 Å². The molecule has 0 bridgehead atoms. The lowest BCUT2D eigenvalue weighted by atomic mass is 9.83. The normalized spacial score (nSPS) is 24.1. The molecule has 0 aromatic rings. The first kappa shape index (κ1) is 15.8. The van der Waals surface area contributed by atoms with Crippen molar-refractivity contribution in [1.82, 2.24) is 10.2 Å². The van der Waals surface area contributed by atoms with E-state index >= 15 is 0 Å². The fraction of sp³-hybridized carbons (Fsp3) is 0.882. The molecule has 2 aliphatic rings. The van der Waals surface area contributed by atoms with Crippen molar-refractivity contribution >= 4 is 0 Å². The first-order valence-corrected chi connectivity index (χ1v) is 8.29. The second-order valence-electron chi connectivity index (χ2n) is 5.99. The summed E-state index contributed by atoms with van der Waals surface area (Å²) in [5.74, 6) is 6.28. The van der Waals surface area contributed by atoms with Gasteiger partial charge in [-0.15, -0.1) is 11.8 Å². The Labute approximate surface area is 124 Å². The number of nitrogens with one attached hydrogen (secondary N) is 1. The maximum absolute atomic E-state index is 5.56. The van der Waals surface area contributed by atoms with E-state index in [4.69, 9.17) is 4.74 Å². The SMILES string of the molecule is CC#CCCC(NCC)C1(N2CCOCC2)CCCC1. The summed E-state index contributed by atoms with van der Waals surface area (Å²) in [6.45, 7) is 9.21. The standard InChI is InChI=1S/C17H30N2O/c1-3-5-6-9-16(18-4-2)17(10-7-8-11-17)19-12-14-20-15-13-19/h16,18H,4,6-15H2,1-2H3. The minimum atomic E-state index is 0.356. The maximum Gasteiger partial charge on any atom is 0.0594 e. The molecule has 20 heavy (non-hydrogen) atoms. The van der Waals surface area contributed by atoms with E-state index in [2.05, 4.69) is 29.0 Å². The third-order valence-electron chi connectivity index (χ3n) is 4.94. The van der Waals surface area contributed by atoms with Gasteiger partial charge >= 0.3 is 0 Å². The molecule has 1 unspecified atom stereocenters. The Bertz CT molecular complexity index is 333. The molecule has 1 saturated carbocycles. The topological polar surface area (TPSA) is 24.5 Å². The van der Waals surface area contributed by atoms with Gasteiger partial charge in [0.2, 0.25) is 0 Å². The van der Waals surface area contributed by atoms with Crippen LogP contribution in [-0.2, 0) is 4.74 Å². The minimum Gasteiger partial charge on any atom is -0.379 e. The van der Waals surface area contributed by atoms with Crippen LogP contribution in [0.25, 0.3) is 0 Å². The predicted molar refractivity (Wildman–Crippen MR) is 83.7 cm³/mol. The Morgan fingerprint density at radius 3 is 2.55 bits per heavy atom. The van der Waals surface area contributed by atoms with Crippen LogP contribution in [0.3, 0.4) is 0 Å². The van der Waals surface area contributed by atoms with Crippen molar-refractivity contribution in [3.63, 3.8) is 0 Å². The summed E-state index contributed by atoms with van der Waals surface area (Å²) in [5.41, 5.74) is 0.356. The van der Waals surface area contributed by atoms with Crippen molar-refractivity contribution in [3.05, 3.63) is 0 Å². The van der Waals surface area contributed by atoms with Crippen LogP contribution >= 0.6 is 0 Å². The summed E-state index contributed by atoms with van der Waals surface area (Å²) < 4.78 is 5.56. The van der Waals surface area contributed by atoms with Crippen LogP contribution < -0.4 is 5.32 Å². The molecule has 2 rings (SSSR count). The fourth-order valence-electron chi connectivity index (χ4n) is 4.03. The average Bonchev–Trinajstić information content (AvgIpc) is 2.98. The van der Waals surface area contributed by atoms with E-state index in [0.29, 0.717) is 11.6 Å². The van der Waals surface area contributed by atoms with E-state index in [1.54, 1.807) is 0 Å². The van der Waals surface area contributed by atoms with Gasteiger partial charge in [0.05, 0.1) is 13.2 Å². The molecular weight excluding hydrogens is 248 g/mol. The highest BCUT2D eigenvalue weighted by molar-refractivity contribution is 5.06. The highest BCUT2D eigenvalue weighted by Crippen LogP contribution is 2.40. The van der Waals surface area contributed by atoms with E-state index in [-0.39, 0.29) is 0 Å². The quantitative estimate of drug-likeness (QED) is 0.755. The first-order chi connectivity index (χ1) is 9.83. The maximum atomic E-state index is 5.56. The highest BCUT2D eigenvalue weighted by atomic mass is 16.5. The van der Waals surface area contributed by atoms with Gasteiger partial charge < -0.3 is 10.1 Å². The van der Waals surface area contributed by atoms with Crippen LogP contribution in [0.5, 0.6) is 0 Å². The van der Waals surface area contributed by atoms with Crippen LogP contribution in [0.1, 0.15) is 52.4 Å². The van der Waals surface area contributed by atoms with Gasteiger partial charge in [-0.05, 0) is 32.7 Å². The summed E-state index contributed by atoms with van der Waals surface area (Å²) in [7, 11) is 0. The van der Waals surface area contributed by atoms with Gasteiger partial charge in [-0.3, -0.25) is 4.90 Å². The molecule has 0 aromatic carbocycles. The van der Waals surface area contributed by atoms with Gasteiger partial charge in [0.25, 0.3) is 0 Å². The summed E-state index contributed by atoms with van der Waals surface area (Å²) in [6.07, 6.45) is 7.61. The van der Waals surface area contributed by atoms with Crippen LogP contribution in [0.15, 0.2) is 0 Å². The lowest BCUT2D eigenvalue weighted by Crippen LogP contribution is -2.62. The van der Waals surface area contributed by atoms with Crippen molar-refractivity contribution in [1.29, 1.82) is 0 Å². The van der Waals surface area contributed by atoms with Gasteiger partial charge in [0.15, 0.2) is 0 Å². The Morgan fingerprint density at radius 1 is 1.25 bits per heavy atom. The Morgan fingerprint density at radius 2 is 1.95 bits per heavy atom. The lowest BCUT2D eigenvalue weighted by Gasteiger charge is -2.48. The molecule has 0 amide bonds. The molecule has 0 radical (unpaired) electrons. The van der Waals surface area contributed by atoms with Gasteiger partial charge in [-0.1, -0.05) is 19.8 Å². The number of likely N-dealkylation sites (N-methyl/N-ethyl adjacent to an activating group) is 1. The van der Waals surface area contributed by atoms with Crippen molar-refractivity contribution in [2.24, 2.45) is 0 Å². The third kappa shape index (κ3) is 3.55. The number of nitrogens with zero attached hydrogens (tertiary/aromatic N) is 1. The molecule has 3 heteroatoms. The monoisotopic (exact) mass is 278 g/mol. The molecule has 3 nitrogen and oxygen atoms in total. The molecule has 114 valence electrons. The zero-order valence-electron chi connectivity index (χ0n) is 13.2. The second kappa shape index (κ2) is 8.02. The first-order valence-electron chi connectivity index (χ1n) is 8.29. The van der Waals surface area contributed by atoms with Gasteiger partial charge in [0, 0.05) is 31.1 Å². The zero-order chi connectivity index (χ0) is 14.3. The third-order valence-corrected chi connectivity index (χ3v) is 4.94. The zero-order valence-corrected chi connectivity index (χ0v) is 13.2. The second-order valence-corrected chi connectivity index (χ2v) is 5.99. The average molecular weight is 278 g/mol. The molecule has 1 heterocycles. The van der Waals surface area contributed by atoms with Crippen molar-refractivity contribution in [2.75, 3.05) is 32.8 Å². The number of morpholine rings is 1. The van der Waals surface area contributed by atoms with E-state index in [9.17, 15) is 0 Å². The van der Waals surface area contributed by atoms with E-state index in [1.807, 2.05) is 6.92 Å². The summed E-state index contributed by atoms with van der Waals surface area (Å²) in [4.78, 5) is 2.72. The molecule has 1 N–H and O–H groups in total. The highest BCUT2D eigenvalue weighted by Gasteiger charge is 2.45. The van der Waals surface area contributed by atoms with Crippen molar-refractivity contribution < 1.29 is 4.74 Å².